The third-order valence-electron chi connectivity index (χ3n) is 1.62. The van der Waals surface area contributed by atoms with E-state index < -0.39 is 0 Å². The number of methoxy groups -OCH3 is 1. The van der Waals surface area contributed by atoms with Crippen molar-refractivity contribution < 1.29 is 14.3 Å². The van der Waals surface area contributed by atoms with E-state index in [0.29, 0.717) is 11.3 Å². The zero-order valence-electron chi connectivity index (χ0n) is 8.19. The van der Waals surface area contributed by atoms with Crippen molar-refractivity contribution in [1.29, 1.82) is 0 Å². The van der Waals surface area contributed by atoms with E-state index in [4.69, 9.17) is 4.74 Å². The van der Waals surface area contributed by atoms with Gasteiger partial charge in [-0.05, 0) is 19.1 Å². The summed E-state index contributed by atoms with van der Waals surface area (Å²) in [5.41, 5.74) is 0.427. The first kappa shape index (κ1) is 10.3. The molecule has 14 heavy (non-hydrogen) atoms. The van der Waals surface area contributed by atoms with E-state index in [-0.39, 0.29) is 5.97 Å². The summed E-state index contributed by atoms with van der Waals surface area (Å²) in [5, 5.41) is 0. The number of ether oxygens (including phenoxy) is 2. The van der Waals surface area contributed by atoms with Crippen LogP contribution in [0, 0.1) is 0 Å². The SMILES string of the molecule is COC(=O)C(C)=COc1ccccc1. The molecule has 0 bridgehead atoms. The average Bonchev–Trinajstić information content (AvgIpc) is 2.26. The van der Waals surface area contributed by atoms with Gasteiger partial charge in [-0.1, -0.05) is 18.2 Å². The van der Waals surface area contributed by atoms with Gasteiger partial charge in [-0.25, -0.2) is 4.79 Å². The lowest BCUT2D eigenvalue weighted by atomic mass is 10.3. The first-order chi connectivity index (χ1) is 6.74. The van der Waals surface area contributed by atoms with Crippen molar-refractivity contribution in [2.45, 2.75) is 6.92 Å². The highest BCUT2D eigenvalue weighted by atomic mass is 16.5. The summed E-state index contributed by atoms with van der Waals surface area (Å²) >= 11 is 0. The van der Waals surface area contributed by atoms with Gasteiger partial charge in [-0.2, -0.15) is 0 Å². The van der Waals surface area contributed by atoms with Crippen LogP contribution in [-0.4, -0.2) is 13.1 Å². The van der Waals surface area contributed by atoms with Crippen molar-refractivity contribution in [2.24, 2.45) is 0 Å². The van der Waals surface area contributed by atoms with Crippen molar-refractivity contribution in [3.63, 3.8) is 0 Å². The molecule has 1 rings (SSSR count). The molecule has 0 atom stereocenters. The van der Waals surface area contributed by atoms with Crippen LogP contribution in [0.5, 0.6) is 5.75 Å². The number of esters is 1. The van der Waals surface area contributed by atoms with E-state index in [9.17, 15) is 4.79 Å². The smallest absolute Gasteiger partial charge is 0.336 e. The summed E-state index contributed by atoms with van der Waals surface area (Å²) in [6, 6.07) is 9.22. The van der Waals surface area contributed by atoms with Crippen LogP contribution in [0.25, 0.3) is 0 Å². The van der Waals surface area contributed by atoms with Crippen molar-refractivity contribution in [1.82, 2.24) is 0 Å². The molecular formula is C11H12O3. The molecule has 1 aromatic rings. The summed E-state index contributed by atoms with van der Waals surface area (Å²) in [4.78, 5) is 11.0. The Morgan fingerprint density at radius 2 is 1.93 bits per heavy atom. The maximum absolute atomic E-state index is 11.0. The van der Waals surface area contributed by atoms with Crippen LogP contribution in [0.15, 0.2) is 42.2 Å². The maximum Gasteiger partial charge on any atom is 0.336 e. The average molecular weight is 192 g/mol. The van der Waals surface area contributed by atoms with Gasteiger partial charge < -0.3 is 9.47 Å². The van der Waals surface area contributed by atoms with Gasteiger partial charge in [0.15, 0.2) is 0 Å². The Kier molecular flexibility index (Phi) is 3.73. The van der Waals surface area contributed by atoms with Gasteiger partial charge in [-0.15, -0.1) is 0 Å². The van der Waals surface area contributed by atoms with E-state index in [1.807, 2.05) is 18.2 Å². The molecule has 74 valence electrons. The number of carbonyl (C=O) groups excluding carboxylic acids is 1. The van der Waals surface area contributed by atoms with E-state index >= 15 is 0 Å². The molecule has 0 aliphatic carbocycles. The molecule has 0 heterocycles. The van der Waals surface area contributed by atoms with Crippen LogP contribution in [0.2, 0.25) is 0 Å². The largest absolute Gasteiger partial charge is 0.466 e. The molecule has 0 radical (unpaired) electrons. The molecule has 3 heteroatoms. The van der Waals surface area contributed by atoms with Crippen LogP contribution in [0.4, 0.5) is 0 Å². The Balaban J connectivity index is 2.59. The first-order valence-electron chi connectivity index (χ1n) is 4.21. The lowest BCUT2D eigenvalue weighted by Crippen LogP contribution is -2.02. The second-order valence-electron chi connectivity index (χ2n) is 2.72. The Morgan fingerprint density at radius 3 is 2.50 bits per heavy atom. The van der Waals surface area contributed by atoms with Crippen LogP contribution in [0.1, 0.15) is 6.92 Å². The molecule has 0 unspecified atom stereocenters. The fourth-order valence-corrected chi connectivity index (χ4v) is 0.865. The highest BCUT2D eigenvalue weighted by Gasteiger charge is 2.02. The number of hydrogen-bond donors (Lipinski definition) is 0. The molecule has 0 aromatic heterocycles. The van der Waals surface area contributed by atoms with Gasteiger partial charge in [-0.3, -0.25) is 0 Å². The second-order valence-corrected chi connectivity index (χ2v) is 2.72. The quantitative estimate of drug-likeness (QED) is 0.418. The zero-order chi connectivity index (χ0) is 10.4. The topological polar surface area (TPSA) is 35.5 Å². The Bertz CT molecular complexity index is 328. The molecule has 0 saturated carbocycles. The second kappa shape index (κ2) is 5.07. The predicted octanol–water partition coefficient (Wildman–Crippen LogP) is 2.14. The Hall–Kier alpha value is -1.77. The Labute approximate surface area is 83.0 Å². The molecule has 0 fully saturated rings. The molecular weight excluding hydrogens is 180 g/mol. The lowest BCUT2D eigenvalue weighted by Gasteiger charge is -2.01. The molecule has 0 N–H and O–H groups in total. The fraction of sp³-hybridized carbons (Fsp3) is 0.182. The monoisotopic (exact) mass is 192 g/mol. The standard InChI is InChI=1S/C11H12O3/c1-9(11(12)13-2)8-14-10-6-4-3-5-7-10/h3-8H,1-2H3. The van der Waals surface area contributed by atoms with E-state index in [0.717, 1.165) is 0 Å². The summed E-state index contributed by atoms with van der Waals surface area (Å²) in [6.07, 6.45) is 1.38. The molecule has 3 nitrogen and oxygen atoms in total. The third-order valence-corrected chi connectivity index (χ3v) is 1.62. The summed E-state index contributed by atoms with van der Waals surface area (Å²) in [7, 11) is 1.34. The number of para-hydroxylation sites is 1. The molecule has 0 amide bonds. The molecule has 0 aliphatic heterocycles. The van der Waals surface area contributed by atoms with E-state index in [2.05, 4.69) is 4.74 Å². The lowest BCUT2D eigenvalue weighted by molar-refractivity contribution is -0.136. The zero-order valence-corrected chi connectivity index (χ0v) is 8.19. The number of carbonyl (C=O) groups is 1. The maximum atomic E-state index is 11.0. The summed E-state index contributed by atoms with van der Waals surface area (Å²) < 4.78 is 9.74. The highest BCUT2D eigenvalue weighted by Crippen LogP contribution is 2.09. The summed E-state index contributed by atoms with van der Waals surface area (Å²) in [5.74, 6) is 0.302. The highest BCUT2D eigenvalue weighted by molar-refractivity contribution is 5.87. The van der Waals surface area contributed by atoms with Gasteiger partial charge in [0.05, 0.1) is 12.7 Å². The van der Waals surface area contributed by atoms with Crippen molar-refractivity contribution in [3.8, 4) is 5.75 Å². The Morgan fingerprint density at radius 1 is 1.29 bits per heavy atom. The van der Waals surface area contributed by atoms with Crippen LogP contribution < -0.4 is 4.74 Å². The van der Waals surface area contributed by atoms with Gasteiger partial charge in [0.1, 0.15) is 12.0 Å². The van der Waals surface area contributed by atoms with Crippen molar-refractivity contribution in [3.05, 3.63) is 42.2 Å². The number of hydrogen-bond acceptors (Lipinski definition) is 3. The van der Waals surface area contributed by atoms with Crippen molar-refractivity contribution >= 4 is 5.97 Å². The van der Waals surface area contributed by atoms with Gasteiger partial charge in [0.2, 0.25) is 0 Å². The van der Waals surface area contributed by atoms with Crippen LogP contribution in [0.3, 0.4) is 0 Å². The fourth-order valence-electron chi connectivity index (χ4n) is 0.865. The first-order valence-corrected chi connectivity index (χ1v) is 4.21. The van der Waals surface area contributed by atoms with Crippen molar-refractivity contribution in [2.75, 3.05) is 7.11 Å². The number of benzene rings is 1. The normalized spacial score (nSPS) is 10.9. The summed E-state index contributed by atoms with van der Waals surface area (Å²) in [6.45, 7) is 1.63. The molecule has 0 saturated heterocycles. The minimum Gasteiger partial charge on any atom is -0.466 e. The van der Waals surface area contributed by atoms with Gasteiger partial charge >= 0.3 is 5.97 Å². The van der Waals surface area contributed by atoms with Crippen LogP contribution >= 0.6 is 0 Å². The van der Waals surface area contributed by atoms with Gasteiger partial charge in [0, 0.05) is 0 Å². The third kappa shape index (κ3) is 2.94. The van der Waals surface area contributed by atoms with E-state index in [1.54, 1.807) is 19.1 Å². The van der Waals surface area contributed by atoms with Crippen LogP contribution in [-0.2, 0) is 9.53 Å². The minimum absolute atomic E-state index is 0.388. The number of rotatable bonds is 3. The van der Waals surface area contributed by atoms with E-state index in [1.165, 1.54) is 13.4 Å². The molecule has 0 aliphatic rings. The molecule has 1 aromatic carbocycles. The minimum atomic E-state index is -0.388. The van der Waals surface area contributed by atoms with Gasteiger partial charge in [0.25, 0.3) is 0 Å². The predicted molar refractivity (Wildman–Crippen MR) is 52.8 cm³/mol. The molecule has 0 spiro atoms.